The highest BCUT2D eigenvalue weighted by Crippen LogP contribution is 2.40. The van der Waals surface area contributed by atoms with Gasteiger partial charge in [0.25, 0.3) is 0 Å². The lowest BCUT2D eigenvalue weighted by Gasteiger charge is -2.07. The molecule has 1 aromatic carbocycles. The Labute approximate surface area is 96.9 Å². The fraction of sp³-hybridized carbons (Fsp3) is 0.200. The number of hydrogen-bond acceptors (Lipinski definition) is 4. The van der Waals surface area contributed by atoms with E-state index in [1.165, 1.54) is 15.0 Å². The van der Waals surface area contributed by atoms with Crippen LogP contribution in [0.2, 0.25) is 0 Å². The maximum Gasteiger partial charge on any atom is 0.150 e. The fourth-order valence-electron chi connectivity index (χ4n) is 1.43. The van der Waals surface area contributed by atoms with Crippen LogP contribution >= 0.6 is 35.7 Å². The third-order valence-electron chi connectivity index (χ3n) is 2.06. The van der Waals surface area contributed by atoms with E-state index >= 15 is 0 Å². The minimum Gasteiger partial charge on any atom is -0.494 e. The van der Waals surface area contributed by atoms with Gasteiger partial charge in [0.2, 0.25) is 0 Å². The molecule has 0 aliphatic rings. The SMILES string of the molecule is COc1c(S)cc(SC)c2ccsc12. The van der Waals surface area contributed by atoms with Crippen LogP contribution in [0, 0.1) is 0 Å². The van der Waals surface area contributed by atoms with Gasteiger partial charge in [-0.1, -0.05) is 0 Å². The number of rotatable bonds is 2. The van der Waals surface area contributed by atoms with E-state index in [0.717, 1.165) is 10.6 Å². The molecule has 4 heteroatoms. The first-order valence-corrected chi connectivity index (χ1v) is 6.64. The molecule has 2 aromatic rings. The average Bonchev–Trinajstić information content (AvgIpc) is 2.65. The number of thioether (sulfide) groups is 1. The lowest BCUT2D eigenvalue weighted by Crippen LogP contribution is -1.85. The summed E-state index contributed by atoms with van der Waals surface area (Å²) in [5.41, 5.74) is 0. The van der Waals surface area contributed by atoms with Crippen LogP contribution in [0.3, 0.4) is 0 Å². The van der Waals surface area contributed by atoms with Crippen molar-refractivity contribution in [2.45, 2.75) is 9.79 Å². The fourth-order valence-corrected chi connectivity index (χ4v) is 3.56. The highest BCUT2D eigenvalue weighted by atomic mass is 32.2. The van der Waals surface area contributed by atoms with Crippen molar-refractivity contribution in [3.63, 3.8) is 0 Å². The predicted molar refractivity (Wildman–Crippen MR) is 67.4 cm³/mol. The molecule has 74 valence electrons. The van der Waals surface area contributed by atoms with Gasteiger partial charge in [-0.2, -0.15) is 0 Å². The maximum atomic E-state index is 5.34. The Bertz CT molecular complexity index is 462. The summed E-state index contributed by atoms with van der Waals surface area (Å²) < 4.78 is 6.53. The van der Waals surface area contributed by atoms with Gasteiger partial charge in [-0.3, -0.25) is 0 Å². The van der Waals surface area contributed by atoms with Gasteiger partial charge in [-0.05, 0) is 23.8 Å². The van der Waals surface area contributed by atoms with Gasteiger partial charge in [-0.25, -0.2) is 0 Å². The molecule has 0 bridgehead atoms. The van der Waals surface area contributed by atoms with E-state index in [4.69, 9.17) is 4.74 Å². The number of methoxy groups -OCH3 is 1. The molecular weight excluding hydrogens is 232 g/mol. The van der Waals surface area contributed by atoms with E-state index in [1.807, 2.05) is 0 Å². The Hall–Kier alpha value is -0.320. The first kappa shape index (κ1) is 10.2. The molecule has 14 heavy (non-hydrogen) atoms. The van der Waals surface area contributed by atoms with Crippen molar-refractivity contribution in [3.8, 4) is 5.75 Å². The smallest absolute Gasteiger partial charge is 0.150 e. The number of ether oxygens (including phenoxy) is 1. The maximum absolute atomic E-state index is 5.34. The summed E-state index contributed by atoms with van der Waals surface area (Å²) in [6.45, 7) is 0. The van der Waals surface area contributed by atoms with E-state index in [9.17, 15) is 0 Å². The predicted octanol–water partition coefficient (Wildman–Crippen LogP) is 3.92. The standard InChI is InChI=1S/C10H10OS3/c1-11-9-7(12)5-8(13-2)6-3-4-14-10(6)9/h3-5,12H,1-2H3. The Morgan fingerprint density at radius 2 is 2.29 bits per heavy atom. The van der Waals surface area contributed by atoms with Crippen LogP contribution in [0.15, 0.2) is 27.3 Å². The second-order valence-corrected chi connectivity index (χ2v) is 5.04. The third kappa shape index (κ3) is 1.51. The molecular formula is C10H10OS3. The molecule has 1 nitrogen and oxygen atoms in total. The summed E-state index contributed by atoms with van der Waals surface area (Å²) in [6, 6.07) is 4.18. The summed E-state index contributed by atoms with van der Waals surface area (Å²) in [4.78, 5) is 2.17. The topological polar surface area (TPSA) is 9.23 Å². The molecule has 0 amide bonds. The summed E-state index contributed by atoms with van der Waals surface area (Å²) in [7, 11) is 1.69. The molecule has 0 atom stereocenters. The minimum atomic E-state index is 0.885. The van der Waals surface area contributed by atoms with Gasteiger partial charge in [0.1, 0.15) is 5.75 Å². The summed E-state index contributed by atoms with van der Waals surface area (Å²) >= 11 is 7.85. The van der Waals surface area contributed by atoms with E-state index in [-0.39, 0.29) is 0 Å². The Morgan fingerprint density at radius 1 is 1.50 bits per heavy atom. The lowest BCUT2D eigenvalue weighted by molar-refractivity contribution is 0.410. The molecule has 1 aromatic heterocycles. The third-order valence-corrected chi connectivity index (χ3v) is 4.08. The van der Waals surface area contributed by atoms with Crippen molar-refractivity contribution in [2.24, 2.45) is 0 Å². The largest absolute Gasteiger partial charge is 0.494 e. The van der Waals surface area contributed by atoms with Crippen molar-refractivity contribution < 1.29 is 4.74 Å². The van der Waals surface area contributed by atoms with Crippen molar-refractivity contribution >= 4 is 45.8 Å². The highest BCUT2D eigenvalue weighted by molar-refractivity contribution is 7.98. The molecule has 2 rings (SSSR count). The van der Waals surface area contributed by atoms with Crippen LogP contribution in [-0.4, -0.2) is 13.4 Å². The molecule has 0 radical (unpaired) electrons. The second-order valence-electron chi connectivity index (χ2n) is 2.79. The quantitative estimate of drug-likeness (QED) is 0.631. The zero-order chi connectivity index (χ0) is 10.1. The minimum absolute atomic E-state index is 0.885. The highest BCUT2D eigenvalue weighted by Gasteiger charge is 2.10. The van der Waals surface area contributed by atoms with Crippen molar-refractivity contribution in [1.29, 1.82) is 0 Å². The molecule has 0 unspecified atom stereocenters. The average molecular weight is 242 g/mol. The summed E-state index contributed by atoms with van der Waals surface area (Å²) in [5.74, 6) is 0.885. The van der Waals surface area contributed by atoms with E-state index in [1.54, 1.807) is 30.2 Å². The number of thiol groups is 1. The van der Waals surface area contributed by atoms with Gasteiger partial charge < -0.3 is 4.74 Å². The molecule has 0 saturated carbocycles. The molecule has 1 heterocycles. The zero-order valence-corrected chi connectivity index (χ0v) is 10.4. The summed E-state index contributed by atoms with van der Waals surface area (Å²) in [6.07, 6.45) is 2.08. The first-order valence-electron chi connectivity index (χ1n) is 4.09. The van der Waals surface area contributed by atoms with Gasteiger partial charge in [-0.15, -0.1) is 35.7 Å². The van der Waals surface area contributed by atoms with Gasteiger partial charge in [0, 0.05) is 15.2 Å². The Balaban J connectivity index is 2.81. The van der Waals surface area contributed by atoms with Crippen molar-refractivity contribution in [2.75, 3.05) is 13.4 Å². The normalized spacial score (nSPS) is 10.8. The van der Waals surface area contributed by atoms with Gasteiger partial charge in [0.05, 0.1) is 11.8 Å². The number of hydrogen-bond donors (Lipinski definition) is 1. The number of thiophene rings is 1. The molecule has 0 spiro atoms. The number of fused-ring (bicyclic) bond motifs is 1. The lowest BCUT2D eigenvalue weighted by atomic mass is 10.2. The monoisotopic (exact) mass is 242 g/mol. The first-order chi connectivity index (χ1) is 6.77. The van der Waals surface area contributed by atoms with E-state index < -0.39 is 0 Å². The Kier molecular flexibility index (Phi) is 2.95. The van der Waals surface area contributed by atoms with Crippen LogP contribution in [0.4, 0.5) is 0 Å². The molecule has 0 saturated heterocycles. The van der Waals surface area contributed by atoms with Crippen LogP contribution < -0.4 is 4.74 Å². The van der Waals surface area contributed by atoms with Crippen molar-refractivity contribution in [1.82, 2.24) is 0 Å². The van der Waals surface area contributed by atoms with Crippen LogP contribution in [-0.2, 0) is 0 Å². The second kappa shape index (κ2) is 4.04. The van der Waals surface area contributed by atoms with E-state index in [0.29, 0.717) is 0 Å². The summed E-state index contributed by atoms with van der Waals surface area (Å²) in [5, 5.41) is 3.34. The van der Waals surface area contributed by atoms with Gasteiger partial charge in [0.15, 0.2) is 0 Å². The molecule has 0 aliphatic heterocycles. The Morgan fingerprint density at radius 3 is 2.93 bits per heavy atom. The van der Waals surface area contributed by atoms with Gasteiger partial charge >= 0.3 is 0 Å². The van der Waals surface area contributed by atoms with Crippen LogP contribution in [0.5, 0.6) is 5.75 Å². The van der Waals surface area contributed by atoms with Crippen LogP contribution in [0.1, 0.15) is 0 Å². The molecule has 0 fully saturated rings. The van der Waals surface area contributed by atoms with E-state index in [2.05, 4.69) is 36.4 Å². The molecule has 0 N–H and O–H groups in total. The van der Waals surface area contributed by atoms with Crippen LogP contribution in [0.25, 0.3) is 10.1 Å². The zero-order valence-electron chi connectivity index (χ0n) is 7.90. The molecule has 0 aliphatic carbocycles. The number of benzene rings is 1. The van der Waals surface area contributed by atoms with Crippen molar-refractivity contribution in [3.05, 3.63) is 17.5 Å².